The number of hydrogen-bond acceptors (Lipinski definition) is 6. The number of hydrogen-bond donors (Lipinski definition) is 2. The zero-order chi connectivity index (χ0) is 29.3. The second-order valence-electron chi connectivity index (χ2n) is 11.1. The molecule has 218 valence electrons. The number of carbonyl (C=O) groups is 2. The van der Waals surface area contributed by atoms with Crippen molar-refractivity contribution in [2.75, 3.05) is 5.32 Å². The van der Waals surface area contributed by atoms with Gasteiger partial charge in [0.2, 0.25) is 0 Å². The van der Waals surface area contributed by atoms with Crippen LogP contribution in [0.2, 0.25) is 0 Å². The number of halogens is 3. The largest absolute Gasteiger partial charge is 0.456 e. The van der Waals surface area contributed by atoms with E-state index in [1.807, 2.05) is 0 Å². The lowest BCUT2D eigenvalue weighted by molar-refractivity contribution is -0.137. The van der Waals surface area contributed by atoms with Gasteiger partial charge in [-0.2, -0.15) is 18.3 Å². The van der Waals surface area contributed by atoms with Crippen LogP contribution in [0, 0.1) is 11.8 Å². The van der Waals surface area contributed by atoms with Gasteiger partial charge in [-0.25, -0.2) is 9.97 Å². The molecule has 6 rings (SSSR count). The summed E-state index contributed by atoms with van der Waals surface area (Å²) >= 11 is 0. The van der Waals surface area contributed by atoms with Crippen molar-refractivity contribution < 1.29 is 27.5 Å². The van der Waals surface area contributed by atoms with E-state index in [2.05, 4.69) is 25.5 Å². The third-order valence-electron chi connectivity index (χ3n) is 8.08. The number of Topliss-reactive ketones (excluding diaryl/α,β-unsaturated/α-hetero) is 1. The Kier molecular flexibility index (Phi) is 7.66. The monoisotopic (exact) mass is 577 g/mol. The number of ketones is 1. The number of alkyl halides is 3. The highest BCUT2D eigenvalue weighted by Gasteiger charge is 2.37. The van der Waals surface area contributed by atoms with Crippen LogP contribution in [0.5, 0.6) is 11.5 Å². The predicted octanol–water partition coefficient (Wildman–Crippen LogP) is 7.45. The van der Waals surface area contributed by atoms with Gasteiger partial charge in [-0.3, -0.25) is 14.7 Å². The molecule has 1 aromatic carbocycles. The molecule has 0 spiro atoms. The van der Waals surface area contributed by atoms with Gasteiger partial charge in [0, 0.05) is 35.7 Å². The van der Waals surface area contributed by atoms with E-state index in [0.29, 0.717) is 22.9 Å². The Bertz CT molecular complexity index is 1600. The van der Waals surface area contributed by atoms with Crippen LogP contribution < -0.4 is 10.1 Å². The third kappa shape index (κ3) is 6.14. The Morgan fingerprint density at radius 3 is 2.43 bits per heavy atom. The molecule has 2 unspecified atom stereocenters. The van der Waals surface area contributed by atoms with Crippen LogP contribution in [0.3, 0.4) is 0 Å². The molecule has 2 fully saturated rings. The minimum atomic E-state index is -4.54. The summed E-state index contributed by atoms with van der Waals surface area (Å²) in [6.07, 6.45) is 6.02. The highest BCUT2D eigenvalue weighted by Crippen LogP contribution is 2.42. The Labute approximate surface area is 240 Å². The second-order valence-corrected chi connectivity index (χ2v) is 11.1. The van der Waals surface area contributed by atoms with Crippen LogP contribution in [-0.4, -0.2) is 31.9 Å². The van der Waals surface area contributed by atoms with Crippen molar-refractivity contribution >= 4 is 28.5 Å². The maximum atomic E-state index is 13.0. The van der Waals surface area contributed by atoms with Gasteiger partial charge in [-0.1, -0.05) is 19.3 Å². The van der Waals surface area contributed by atoms with Crippen LogP contribution >= 0.6 is 0 Å². The molecule has 2 saturated carbocycles. The first-order valence-corrected chi connectivity index (χ1v) is 14.3. The summed E-state index contributed by atoms with van der Waals surface area (Å²) in [5.41, 5.74) is 0.780. The molecule has 4 aromatic rings. The highest BCUT2D eigenvalue weighted by atomic mass is 19.4. The Morgan fingerprint density at radius 2 is 1.67 bits per heavy atom. The Balaban J connectivity index is 1.20. The van der Waals surface area contributed by atoms with Crippen molar-refractivity contribution in [2.24, 2.45) is 11.8 Å². The van der Waals surface area contributed by atoms with Gasteiger partial charge in [-0.15, -0.1) is 0 Å². The molecule has 2 atom stereocenters. The number of nitrogens with one attached hydrogen (secondary N) is 2. The first-order chi connectivity index (χ1) is 20.3. The van der Waals surface area contributed by atoms with Crippen LogP contribution in [-0.2, 0) is 11.0 Å². The van der Waals surface area contributed by atoms with Crippen LogP contribution in [0.25, 0.3) is 11.0 Å². The number of benzene rings is 1. The molecule has 0 bridgehead atoms. The fourth-order valence-corrected chi connectivity index (χ4v) is 5.75. The summed E-state index contributed by atoms with van der Waals surface area (Å²) < 4.78 is 45.2. The van der Waals surface area contributed by atoms with Crippen molar-refractivity contribution in [1.82, 2.24) is 20.2 Å². The molecule has 8 nitrogen and oxygen atoms in total. The van der Waals surface area contributed by atoms with Crippen LogP contribution in [0.4, 0.5) is 19.0 Å². The molecule has 2 aliphatic rings. The Hall–Kier alpha value is -4.28. The topological polar surface area (TPSA) is 110 Å². The van der Waals surface area contributed by atoms with Gasteiger partial charge in [-0.05, 0) is 74.6 Å². The highest BCUT2D eigenvalue weighted by molar-refractivity contribution is 6.03. The summed E-state index contributed by atoms with van der Waals surface area (Å²) in [7, 11) is 0. The Morgan fingerprint density at radius 1 is 0.905 bits per heavy atom. The second kappa shape index (κ2) is 11.5. The SMILES string of the molecule is O=C(Nc1cc(C(F)(F)F)ccn1)c1ccc(Oc2ccnc3n[nH]c(C4CCCCCC(C(=O)C5CC5)C4)c23)cc1. The average molecular weight is 578 g/mol. The van der Waals surface area contributed by atoms with E-state index in [9.17, 15) is 22.8 Å². The number of amides is 1. The average Bonchev–Trinajstić information content (AvgIpc) is 3.72. The number of aromatic nitrogens is 4. The summed E-state index contributed by atoms with van der Waals surface area (Å²) in [5.74, 6) is 1.06. The van der Waals surface area contributed by atoms with Crippen LogP contribution in [0.15, 0.2) is 54.9 Å². The first kappa shape index (κ1) is 27.9. The van der Waals surface area contributed by atoms with Gasteiger partial charge in [0.25, 0.3) is 5.91 Å². The minimum absolute atomic E-state index is 0.0621. The number of rotatable bonds is 7. The summed E-state index contributed by atoms with van der Waals surface area (Å²) in [4.78, 5) is 33.9. The molecule has 0 aliphatic heterocycles. The lowest BCUT2D eigenvalue weighted by Crippen LogP contribution is -2.21. The first-order valence-electron chi connectivity index (χ1n) is 14.3. The zero-order valence-electron chi connectivity index (χ0n) is 22.8. The van der Waals surface area contributed by atoms with Gasteiger partial charge in [0.1, 0.15) is 23.1 Å². The standard InChI is InChI=1S/C31H30F3N5O3/c32-31(33,34)22-12-14-35-25(17-22)37-30(41)19-8-10-23(11-9-19)42-24-13-15-36-29-26(24)27(38-39-29)20-4-2-1-3-5-21(16-20)28(40)18-6-7-18/h8-15,17-18,20-21H,1-7,16H2,(H,35,37,41)(H,36,38,39). The number of aromatic amines is 1. The normalized spacial score (nSPS) is 19.6. The van der Waals surface area contributed by atoms with E-state index in [0.717, 1.165) is 80.8 Å². The lowest BCUT2D eigenvalue weighted by atomic mass is 9.79. The molecule has 0 saturated heterocycles. The molecule has 2 N–H and O–H groups in total. The number of pyridine rings is 2. The maximum absolute atomic E-state index is 13.0. The van der Waals surface area contributed by atoms with Gasteiger partial charge < -0.3 is 10.1 Å². The van der Waals surface area contributed by atoms with E-state index >= 15 is 0 Å². The summed E-state index contributed by atoms with van der Waals surface area (Å²) in [6.45, 7) is 0. The number of ether oxygens (including phenoxy) is 1. The summed E-state index contributed by atoms with van der Waals surface area (Å²) in [5, 5.41) is 10.8. The number of anilines is 1. The maximum Gasteiger partial charge on any atom is 0.416 e. The smallest absolute Gasteiger partial charge is 0.416 e. The molecular formula is C31H30F3N5O3. The van der Waals surface area contributed by atoms with Crippen molar-refractivity contribution in [1.29, 1.82) is 0 Å². The molecule has 1 amide bonds. The molecule has 3 aromatic heterocycles. The van der Waals surface area contributed by atoms with Crippen molar-refractivity contribution in [3.63, 3.8) is 0 Å². The molecule has 2 aliphatic carbocycles. The lowest BCUT2D eigenvalue weighted by Gasteiger charge is -2.25. The molecular weight excluding hydrogens is 547 g/mol. The van der Waals surface area contributed by atoms with E-state index in [4.69, 9.17) is 4.74 Å². The molecule has 0 radical (unpaired) electrons. The van der Waals surface area contributed by atoms with Gasteiger partial charge in [0.15, 0.2) is 5.65 Å². The van der Waals surface area contributed by atoms with Gasteiger partial charge >= 0.3 is 6.18 Å². The van der Waals surface area contributed by atoms with Crippen molar-refractivity contribution in [3.05, 3.63) is 71.7 Å². The molecule has 42 heavy (non-hydrogen) atoms. The number of fused-ring (bicyclic) bond motifs is 1. The van der Waals surface area contributed by atoms with E-state index in [1.54, 1.807) is 24.4 Å². The fraction of sp³-hybridized carbons (Fsp3) is 0.387. The fourth-order valence-electron chi connectivity index (χ4n) is 5.75. The predicted molar refractivity (Wildman–Crippen MR) is 149 cm³/mol. The molecule has 3 heterocycles. The van der Waals surface area contributed by atoms with E-state index in [1.165, 1.54) is 12.1 Å². The van der Waals surface area contributed by atoms with Crippen LogP contribution in [0.1, 0.15) is 78.9 Å². The minimum Gasteiger partial charge on any atom is -0.456 e. The quantitative estimate of drug-likeness (QED) is 0.236. The van der Waals surface area contributed by atoms with E-state index < -0.39 is 17.6 Å². The zero-order valence-corrected chi connectivity index (χ0v) is 22.8. The number of carbonyl (C=O) groups excluding carboxylic acids is 2. The summed E-state index contributed by atoms with van der Waals surface area (Å²) in [6, 6.07) is 9.66. The third-order valence-corrected chi connectivity index (χ3v) is 8.08. The van der Waals surface area contributed by atoms with Crippen molar-refractivity contribution in [3.8, 4) is 11.5 Å². The number of nitrogens with zero attached hydrogens (tertiary/aromatic N) is 3. The molecule has 11 heteroatoms. The number of H-pyrrole nitrogens is 1. The van der Waals surface area contributed by atoms with Gasteiger partial charge in [0.05, 0.1) is 16.6 Å². The van der Waals surface area contributed by atoms with Crippen molar-refractivity contribution in [2.45, 2.75) is 63.5 Å². The van der Waals surface area contributed by atoms with E-state index in [-0.39, 0.29) is 29.1 Å².